The van der Waals surface area contributed by atoms with Crippen LogP contribution < -0.4 is 11.1 Å². The Hall–Kier alpha value is -1.13. The molecule has 1 atom stereocenters. The molecule has 96 valence electrons. The molecule has 1 rings (SSSR count). The maximum atomic E-state index is 13.4. The Kier molecular flexibility index (Phi) is 6.76. The van der Waals surface area contributed by atoms with Gasteiger partial charge in [0, 0.05) is 18.2 Å². The van der Waals surface area contributed by atoms with Gasteiger partial charge in [-0.1, -0.05) is 13.0 Å². The highest BCUT2D eigenvalue weighted by Gasteiger charge is 2.07. The first kappa shape index (κ1) is 15.9. The number of rotatable bonds is 4. The lowest BCUT2D eigenvalue weighted by molar-refractivity contribution is -0.116. The molecule has 0 bridgehead atoms. The van der Waals surface area contributed by atoms with Crippen LogP contribution in [0.25, 0.3) is 0 Å². The molecular formula is C12H18ClFN2O. The van der Waals surface area contributed by atoms with Gasteiger partial charge in [-0.2, -0.15) is 0 Å². The zero-order valence-electron chi connectivity index (χ0n) is 10.00. The molecule has 1 aromatic rings. The maximum Gasteiger partial charge on any atom is 0.225 e. The van der Waals surface area contributed by atoms with Crippen molar-refractivity contribution in [2.75, 3.05) is 5.32 Å². The largest absolute Gasteiger partial charge is 0.327 e. The van der Waals surface area contributed by atoms with Gasteiger partial charge in [0.15, 0.2) is 0 Å². The van der Waals surface area contributed by atoms with E-state index in [0.29, 0.717) is 17.7 Å². The van der Waals surface area contributed by atoms with Crippen LogP contribution in [0.3, 0.4) is 0 Å². The van der Waals surface area contributed by atoms with E-state index in [9.17, 15) is 9.18 Å². The normalized spacial score (nSPS) is 11.5. The van der Waals surface area contributed by atoms with Gasteiger partial charge in [-0.15, -0.1) is 12.4 Å². The van der Waals surface area contributed by atoms with E-state index in [-0.39, 0.29) is 36.6 Å². The molecule has 0 spiro atoms. The highest BCUT2D eigenvalue weighted by Crippen LogP contribution is 2.15. The lowest BCUT2D eigenvalue weighted by Gasteiger charge is -2.08. The number of amides is 1. The first-order valence-corrected chi connectivity index (χ1v) is 5.36. The number of carbonyl (C=O) groups is 1. The van der Waals surface area contributed by atoms with E-state index >= 15 is 0 Å². The van der Waals surface area contributed by atoms with Crippen molar-refractivity contribution in [3.63, 3.8) is 0 Å². The van der Waals surface area contributed by atoms with E-state index in [4.69, 9.17) is 5.73 Å². The van der Waals surface area contributed by atoms with Crippen molar-refractivity contribution >= 4 is 24.0 Å². The van der Waals surface area contributed by atoms with Gasteiger partial charge in [-0.05, 0) is 31.0 Å². The summed E-state index contributed by atoms with van der Waals surface area (Å²) in [6.45, 7) is 3.63. The highest BCUT2D eigenvalue weighted by molar-refractivity contribution is 5.91. The van der Waals surface area contributed by atoms with Crippen LogP contribution in [0, 0.1) is 5.82 Å². The molecule has 0 aliphatic carbocycles. The zero-order chi connectivity index (χ0) is 12.1. The van der Waals surface area contributed by atoms with Crippen LogP contribution in [0.1, 0.15) is 25.8 Å². The van der Waals surface area contributed by atoms with Crippen molar-refractivity contribution < 1.29 is 9.18 Å². The van der Waals surface area contributed by atoms with Gasteiger partial charge in [-0.25, -0.2) is 4.39 Å². The first-order chi connectivity index (χ1) is 7.52. The Morgan fingerprint density at radius 2 is 2.18 bits per heavy atom. The molecule has 0 aromatic heterocycles. The summed E-state index contributed by atoms with van der Waals surface area (Å²) in [7, 11) is 0. The summed E-state index contributed by atoms with van der Waals surface area (Å²) in [5.74, 6) is -0.486. The van der Waals surface area contributed by atoms with Gasteiger partial charge in [0.2, 0.25) is 5.91 Å². The topological polar surface area (TPSA) is 55.1 Å². The Morgan fingerprint density at radius 1 is 1.53 bits per heavy atom. The van der Waals surface area contributed by atoms with Gasteiger partial charge in [0.05, 0.1) is 0 Å². The minimum Gasteiger partial charge on any atom is -0.327 e. The first-order valence-electron chi connectivity index (χ1n) is 5.36. The van der Waals surface area contributed by atoms with Crippen molar-refractivity contribution in [3.8, 4) is 0 Å². The SMILES string of the molecule is CCc1ccc(NC(=O)CC(C)N)cc1F.Cl. The molecule has 0 saturated carbocycles. The minimum absolute atomic E-state index is 0. The van der Waals surface area contributed by atoms with Crippen molar-refractivity contribution in [1.82, 2.24) is 0 Å². The average molecular weight is 261 g/mol. The van der Waals surface area contributed by atoms with E-state index in [2.05, 4.69) is 5.32 Å². The molecule has 0 aliphatic rings. The summed E-state index contributed by atoms with van der Waals surface area (Å²) in [6, 6.07) is 4.51. The number of aryl methyl sites for hydroxylation is 1. The molecule has 17 heavy (non-hydrogen) atoms. The van der Waals surface area contributed by atoms with Crippen molar-refractivity contribution in [1.29, 1.82) is 0 Å². The van der Waals surface area contributed by atoms with E-state index in [1.807, 2.05) is 6.92 Å². The summed E-state index contributed by atoms with van der Waals surface area (Å²) in [6.07, 6.45) is 0.872. The molecule has 0 fully saturated rings. The molecule has 0 saturated heterocycles. The summed E-state index contributed by atoms with van der Waals surface area (Å²) in [5, 5.41) is 2.61. The third-order valence-corrected chi connectivity index (χ3v) is 2.23. The predicted molar refractivity (Wildman–Crippen MR) is 69.9 cm³/mol. The van der Waals surface area contributed by atoms with E-state index in [1.54, 1.807) is 19.1 Å². The average Bonchev–Trinajstić information content (AvgIpc) is 2.16. The van der Waals surface area contributed by atoms with E-state index < -0.39 is 0 Å². The van der Waals surface area contributed by atoms with Crippen LogP contribution in [0.5, 0.6) is 0 Å². The predicted octanol–water partition coefficient (Wildman–Crippen LogP) is 2.49. The zero-order valence-corrected chi connectivity index (χ0v) is 10.8. The van der Waals surface area contributed by atoms with Crippen LogP contribution in [-0.2, 0) is 11.2 Å². The fraction of sp³-hybridized carbons (Fsp3) is 0.417. The van der Waals surface area contributed by atoms with Crippen LogP contribution >= 0.6 is 12.4 Å². The third-order valence-electron chi connectivity index (χ3n) is 2.23. The fourth-order valence-corrected chi connectivity index (χ4v) is 1.42. The Balaban J connectivity index is 0.00000256. The summed E-state index contributed by atoms with van der Waals surface area (Å²) in [4.78, 5) is 11.4. The second-order valence-corrected chi connectivity index (χ2v) is 3.89. The van der Waals surface area contributed by atoms with Crippen LogP contribution in [-0.4, -0.2) is 11.9 Å². The number of benzene rings is 1. The Labute approximate surface area is 107 Å². The number of hydrogen-bond donors (Lipinski definition) is 2. The third kappa shape index (κ3) is 5.15. The van der Waals surface area contributed by atoms with Gasteiger partial charge in [0.1, 0.15) is 5.82 Å². The van der Waals surface area contributed by atoms with Crippen LogP contribution in [0.2, 0.25) is 0 Å². The number of nitrogens with one attached hydrogen (secondary N) is 1. The van der Waals surface area contributed by atoms with Crippen LogP contribution in [0.15, 0.2) is 18.2 Å². The maximum absolute atomic E-state index is 13.4. The van der Waals surface area contributed by atoms with Crippen LogP contribution in [0.4, 0.5) is 10.1 Å². The molecule has 1 aromatic carbocycles. The molecule has 5 heteroatoms. The molecule has 1 unspecified atom stereocenters. The second kappa shape index (κ2) is 7.25. The Bertz CT molecular complexity index is 383. The molecule has 0 radical (unpaired) electrons. The molecule has 3 N–H and O–H groups in total. The van der Waals surface area contributed by atoms with Crippen molar-refractivity contribution in [2.45, 2.75) is 32.7 Å². The molecule has 0 heterocycles. The number of carbonyl (C=O) groups excluding carboxylic acids is 1. The Morgan fingerprint density at radius 3 is 2.65 bits per heavy atom. The number of halogens is 2. The van der Waals surface area contributed by atoms with E-state index in [0.717, 1.165) is 0 Å². The van der Waals surface area contributed by atoms with Gasteiger partial charge in [-0.3, -0.25) is 4.79 Å². The monoisotopic (exact) mass is 260 g/mol. The minimum atomic E-state index is -0.291. The van der Waals surface area contributed by atoms with Gasteiger partial charge in [0.25, 0.3) is 0 Å². The smallest absolute Gasteiger partial charge is 0.225 e. The number of nitrogens with two attached hydrogens (primary N) is 1. The summed E-state index contributed by atoms with van der Waals surface area (Å²) in [5.41, 5.74) is 6.60. The standard InChI is InChI=1S/C12H17FN2O.ClH/c1-3-9-4-5-10(7-11(9)13)15-12(16)6-8(2)14;/h4-5,7-8H,3,6,14H2,1-2H3,(H,15,16);1H. The highest BCUT2D eigenvalue weighted by atomic mass is 35.5. The molecule has 1 amide bonds. The van der Waals surface area contributed by atoms with Crippen molar-refractivity contribution in [2.24, 2.45) is 5.73 Å². The summed E-state index contributed by atoms with van der Waals surface area (Å²) >= 11 is 0. The summed E-state index contributed by atoms with van der Waals surface area (Å²) < 4.78 is 13.4. The van der Waals surface area contributed by atoms with Gasteiger partial charge < -0.3 is 11.1 Å². The molecule has 0 aliphatic heterocycles. The number of hydrogen-bond acceptors (Lipinski definition) is 2. The molecular weight excluding hydrogens is 243 g/mol. The van der Waals surface area contributed by atoms with E-state index in [1.165, 1.54) is 6.07 Å². The fourth-order valence-electron chi connectivity index (χ4n) is 1.42. The lowest BCUT2D eigenvalue weighted by atomic mass is 10.1. The van der Waals surface area contributed by atoms with Crippen molar-refractivity contribution in [3.05, 3.63) is 29.6 Å². The quantitative estimate of drug-likeness (QED) is 0.874. The lowest BCUT2D eigenvalue weighted by Crippen LogP contribution is -2.24. The molecule has 3 nitrogen and oxygen atoms in total. The number of anilines is 1. The van der Waals surface area contributed by atoms with Gasteiger partial charge >= 0.3 is 0 Å². The second-order valence-electron chi connectivity index (χ2n) is 3.89.